The maximum atomic E-state index is 10.7. The van der Waals surface area contributed by atoms with Crippen LogP contribution >= 0.6 is 0 Å². The van der Waals surface area contributed by atoms with E-state index in [0.29, 0.717) is 21.4 Å². The Morgan fingerprint density at radius 3 is 1.78 bits per heavy atom. The van der Waals surface area contributed by atoms with Crippen LogP contribution in [0, 0.1) is 0 Å². The topological polar surface area (TPSA) is 66.4 Å². The summed E-state index contributed by atoms with van der Waals surface area (Å²) >= 11 is 0.362. The van der Waals surface area contributed by atoms with Crippen LogP contribution in [-0.4, -0.2) is 34.0 Å². The number of hydrogen-bond acceptors (Lipinski definition) is 4. The molecular formula is C20H39NaO4SSe. The largest absolute Gasteiger partial charge is 1.00 e. The summed E-state index contributed by atoms with van der Waals surface area (Å²) in [4.78, 5) is 2.01. The van der Waals surface area contributed by atoms with Crippen molar-refractivity contribution in [3.8, 4) is 0 Å². The quantitative estimate of drug-likeness (QED) is 0.124. The van der Waals surface area contributed by atoms with Gasteiger partial charge in [-0.3, -0.25) is 0 Å². The summed E-state index contributed by atoms with van der Waals surface area (Å²) in [6.45, 7) is 4.20. The molecule has 0 fully saturated rings. The van der Waals surface area contributed by atoms with E-state index in [1.54, 1.807) is 6.08 Å². The Morgan fingerprint density at radius 2 is 1.33 bits per heavy atom. The standard InChI is InChI=1S/C20H40O4SSe.Na/c1-3-5-6-7-8-9-10-11-12-13-14-15-18-26-19-17-20(16-4-2)24-25(21,22)23;/h17,19-20H,3-16,18H2,1-2H3,(H,21,22,23);/q;+1/p-1. The van der Waals surface area contributed by atoms with Crippen LogP contribution in [0.3, 0.4) is 0 Å². The SMILES string of the molecule is CCCCCCCCCCCCCC[Se]C=CC(CCC)OS(=O)(=O)[O-].[Na+]. The van der Waals surface area contributed by atoms with Crippen molar-refractivity contribution in [2.75, 3.05) is 0 Å². The molecule has 0 saturated heterocycles. The second-order valence-electron chi connectivity index (χ2n) is 6.92. The van der Waals surface area contributed by atoms with E-state index in [-0.39, 0.29) is 29.6 Å². The van der Waals surface area contributed by atoms with Crippen LogP contribution in [0.1, 0.15) is 104 Å². The summed E-state index contributed by atoms with van der Waals surface area (Å²) in [5.74, 6) is 0. The van der Waals surface area contributed by atoms with Crippen LogP contribution < -0.4 is 29.6 Å². The van der Waals surface area contributed by atoms with Crippen LogP contribution in [0.2, 0.25) is 5.32 Å². The van der Waals surface area contributed by atoms with Gasteiger partial charge in [-0.25, -0.2) is 0 Å². The van der Waals surface area contributed by atoms with E-state index in [9.17, 15) is 13.0 Å². The summed E-state index contributed by atoms with van der Waals surface area (Å²) in [6, 6.07) is 0. The van der Waals surface area contributed by atoms with Gasteiger partial charge in [-0.2, -0.15) is 0 Å². The maximum Gasteiger partial charge on any atom is 1.00 e. The van der Waals surface area contributed by atoms with Gasteiger partial charge in [0.25, 0.3) is 0 Å². The van der Waals surface area contributed by atoms with Crippen molar-refractivity contribution in [3.63, 3.8) is 0 Å². The smallest absolute Gasteiger partial charge is 1.00 e. The van der Waals surface area contributed by atoms with Crippen molar-refractivity contribution in [1.29, 1.82) is 0 Å². The average Bonchev–Trinajstić information content (AvgIpc) is 2.57. The molecule has 0 spiro atoms. The second-order valence-corrected chi connectivity index (χ2v) is 10.1. The van der Waals surface area contributed by atoms with Gasteiger partial charge in [-0.15, -0.1) is 0 Å². The van der Waals surface area contributed by atoms with Gasteiger partial charge in [0.1, 0.15) is 0 Å². The molecular weight excluding hydrogens is 438 g/mol. The van der Waals surface area contributed by atoms with Gasteiger partial charge in [0.15, 0.2) is 0 Å². The first kappa shape index (κ1) is 30.3. The van der Waals surface area contributed by atoms with Gasteiger partial charge >= 0.3 is 185 Å². The molecule has 0 bridgehead atoms. The third-order valence-corrected chi connectivity index (χ3v) is 6.64. The summed E-state index contributed by atoms with van der Waals surface area (Å²) < 4.78 is 36.5. The van der Waals surface area contributed by atoms with Crippen molar-refractivity contribution in [3.05, 3.63) is 11.1 Å². The summed E-state index contributed by atoms with van der Waals surface area (Å²) in [6.07, 6.45) is 18.8. The van der Waals surface area contributed by atoms with E-state index in [0.717, 1.165) is 6.42 Å². The summed E-state index contributed by atoms with van der Waals surface area (Å²) in [5, 5.41) is 1.17. The molecule has 156 valence electrons. The normalized spacial score (nSPS) is 13.0. The van der Waals surface area contributed by atoms with Crippen LogP contribution in [0.15, 0.2) is 11.1 Å². The molecule has 0 saturated carbocycles. The van der Waals surface area contributed by atoms with Gasteiger partial charge in [-0.05, 0) is 0 Å². The molecule has 7 heteroatoms. The predicted octanol–water partition coefficient (Wildman–Crippen LogP) is 2.97. The minimum atomic E-state index is -4.61. The zero-order valence-corrected chi connectivity index (χ0v) is 22.3. The average molecular weight is 478 g/mol. The van der Waals surface area contributed by atoms with Gasteiger partial charge in [0.2, 0.25) is 0 Å². The molecule has 0 N–H and O–H groups in total. The molecule has 0 aromatic heterocycles. The molecule has 0 rings (SSSR count). The summed E-state index contributed by atoms with van der Waals surface area (Å²) in [7, 11) is -4.61. The molecule has 0 aliphatic rings. The van der Waals surface area contributed by atoms with E-state index in [1.807, 2.05) is 11.9 Å². The fourth-order valence-electron chi connectivity index (χ4n) is 2.85. The third kappa shape index (κ3) is 25.1. The summed E-state index contributed by atoms with van der Waals surface area (Å²) in [5.41, 5.74) is 0. The van der Waals surface area contributed by atoms with Gasteiger partial charge in [0, 0.05) is 0 Å². The first-order chi connectivity index (χ1) is 12.5. The molecule has 1 atom stereocenters. The first-order valence-corrected chi connectivity index (χ1v) is 13.9. The van der Waals surface area contributed by atoms with Gasteiger partial charge in [-0.1, -0.05) is 13.3 Å². The van der Waals surface area contributed by atoms with E-state index < -0.39 is 16.5 Å². The van der Waals surface area contributed by atoms with Crippen LogP contribution in [-0.2, 0) is 14.6 Å². The second kappa shape index (κ2) is 21.8. The van der Waals surface area contributed by atoms with Gasteiger partial charge < -0.3 is 0 Å². The Morgan fingerprint density at radius 1 is 0.852 bits per heavy atom. The van der Waals surface area contributed by atoms with Crippen molar-refractivity contribution in [2.24, 2.45) is 0 Å². The molecule has 0 amide bonds. The molecule has 0 aromatic rings. The Balaban J connectivity index is 0. The zero-order chi connectivity index (χ0) is 19.5. The van der Waals surface area contributed by atoms with Crippen molar-refractivity contribution < 1.29 is 46.7 Å². The minimum Gasteiger partial charge on any atom is 1.00 e. The van der Waals surface area contributed by atoms with Crippen LogP contribution in [0.5, 0.6) is 0 Å². The minimum absolute atomic E-state index is 0. The molecule has 0 aliphatic heterocycles. The molecule has 0 aliphatic carbocycles. The van der Waals surface area contributed by atoms with E-state index >= 15 is 0 Å². The van der Waals surface area contributed by atoms with Crippen molar-refractivity contribution >= 4 is 25.4 Å². The first-order valence-electron chi connectivity index (χ1n) is 10.4. The molecule has 0 heterocycles. The third-order valence-electron chi connectivity index (χ3n) is 4.32. The fourth-order valence-corrected chi connectivity index (χ4v) is 4.98. The van der Waals surface area contributed by atoms with E-state index in [2.05, 4.69) is 11.1 Å². The number of rotatable bonds is 19. The molecule has 4 nitrogen and oxygen atoms in total. The van der Waals surface area contributed by atoms with E-state index in [4.69, 9.17) is 0 Å². The molecule has 1 unspecified atom stereocenters. The van der Waals surface area contributed by atoms with Gasteiger partial charge in [0.05, 0.1) is 0 Å². The van der Waals surface area contributed by atoms with Crippen molar-refractivity contribution in [1.82, 2.24) is 0 Å². The zero-order valence-electron chi connectivity index (χ0n) is 17.8. The Bertz CT molecular complexity index is 430. The monoisotopic (exact) mass is 478 g/mol. The Hall–Kier alpha value is 1.13. The fraction of sp³-hybridized carbons (Fsp3) is 0.900. The molecule has 0 radical (unpaired) electrons. The van der Waals surface area contributed by atoms with E-state index in [1.165, 1.54) is 82.4 Å². The predicted molar refractivity (Wildman–Crippen MR) is 110 cm³/mol. The maximum absolute atomic E-state index is 10.7. The van der Waals surface area contributed by atoms with Crippen LogP contribution in [0.25, 0.3) is 0 Å². The molecule has 0 aromatic carbocycles. The Kier molecular flexibility index (Phi) is 24.5. The molecule has 27 heavy (non-hydrogen) atoms. The Labute approximate surface area is 197 Å². The number of hydrogen-bond donors (Lipinski definition) is 0. The van der Waals surface area contributed by atoms with Crippen molar-refractivity contribution in [2.45, 2.75) is 115 Å². The van der Waals surface area contributed by atoms with Crippen LogP contribution in [0.4, 0.5) is 0 Å². The number of unbranched alkanes of at least 4 members (excludes halogenated alkanes) is 11.